The molecule has 0 spiro atoms. The number of nitrogens with one attached hydrogen (secondary N) is 1. The van der Waals surface area contributed by atoms with E-state index in [1.807, 2.05) is 24.3 Å². The van der Waals surface area contributed by atoms with Gasteiger partial charge in [0.1, 0.15) is 29.2 Å². The first kappa shape index (κ1) is 18.2. The smallest absolute Gasteiger partial charge is 0.149 e. The molecule has 0 saturated heterocycles. The van der Waals surface area contributed by atoms with Crippen LogP contribution in [0.5, 0.6) is 5.75 Å². The maximum Gasteiger partial charge on any atom is 0.149 e. The highest BCUT2D eigenvalue weighted by molar-refractivity contribution is 6.43. The van der Waals surface area contributed by atoms with Crippen LogP contribution in [0.2, 0.25) is 10.0 Å². The lowest BCUT2D eigenvalue weighted by Crippen LogP contribution is -1.84. The summed E-state index contributed by atoms with van der Waals surface area (Å²) in [5, 5.41) is 10.5. The third-order valence-corrected chi connectivity index (χ3v) is 5.01. The number of benzene rings is 2. The lowest BCUT2D eigenvalue weighted by atomic mass is 10.2. The summed E-state index contributed by atoms with van der Waals surface area (Å²) in [6.45, 7) is 0. The highest BCUT2D eigenvalue weighted by Gasteiger charge is 2.13. The average Bonchev–Trinajstić information content (AvgIpc) is 3.34. The Morgan fingerprint density at radius 3 is 2.86 bits per heavy atom. The number of aromatic nitrogens is 2. The van der Waals surface area contributed by atoms with Gasteiger partial charge in [-0.15, -0.1) is 0 Å². The van der Waals surface area contributed by atoms with Gasteiger partial charge in [0, 0.05) is 17.7 Å². The molecule has 0 radical (unpaired) electrons. The molecular formula is C21H13Cl2N3O2. The number of hydrogen-bond donors (Lipinski definition) is 1. The summed E-state index contributed by atoms with van der Waals surface area (Å²) in [6, 6.07) is 16.5. The van der Waals surface area contributed by atoms with Crippen LogP contribution < -0.4 is 4.74 Å². The SMILES string of the molecule is COc1ccc2nc(C(C#N)=Cc3ccc(-c4cccc(Cl)c4Cl)o3)[nH]c2c1. The summed E-state index contributed by atoms with van der Waals surface area (Å²) < 4.78 is 11.1. The summed E-state index contributed by atoms with van der Waals surface area (Å²) in [6.07, 6.45) is 1.62. The van der Waals surface area contributed by atoms with Crippen LogP contribution in [-0.4, -0.2) is 17.1 Å². The van der Waals surface area contributed by atoms with Gasteiger partial charge in [-0.2, -0.15) is 5.26 Å². The number of rotatable bonds is 4. The maximum absolute atomic E-state index is 9.59. The van der Waals surface area contributed by atoms with Crippen molar-refractivity contribution in [3.05, 3.63) is 70.2 Å². The number of fused-ring (bicyclic) bond motifs is 1. The summed E-state index contributed by atoms with van der Waals surface area (Å²) >= 11 is 12.3. The number of aromatic amines is 1. The fraction of sp³-hybridized carbons (Fsp3) is 0.0476. The summed E-state index contributed by atoms with van der Waals surface area (Å²) in [4.78, 5) is 7.60. The molecule has 28 heavy (non-hydrogen) atoms. The van der Waals surface area contributed by atoms with Crippen molar-refractivity contribution in [2.75, 3.05) is 7.11 Å². The van der Waals surface area contributed by atoms with Crippen LogP contribution in [0.3, 0.4) is 0 Å². The molecule has 1 N–H and O–H groups in total. The van der Waals surface area contributed by atoms with Crippen LogP contribution in [-0.2, 0) is 0 Å². The topological polar surface area (TPSA) is 74.8 Å². The number of nitrogens with zero attached hydrogens (tertiary/aromatic N) is 2. The van der Waals surface area contributed by atoms with Gasteiger partial charge in [-0.3, -0.25) is 0 Å². The molecule has 0 aliphatic rings. The minimum atomic E-state index is 0.341. The quantitative estimate of drug-likeness (QED) is 0.407. The van der Waals surface area contributed by atoms with E-state index in [0.717, 1.165) is 11.0 Å². The number of methoxy groups -OCH3 is 1. The Kier molecular flexibility index (Phi) is 4.82. The molecule has 0 fully saturated rings. The largest absolute Gasteiger partial charge is 0.497 e. The monoisotopic (exact) mass is 409 g/mol. The van der Waals surface area contributed by atoms with Gasteiger partial charge in [0.05, 0.1) is 33.8 Å². The summed E-state index contributed by atoms with van der Waals surface area (Å²) in [7, 11) is 1.60. The molecule has 0 bridgehead atoms. The van der Waals surface area contributed by atoms with Crippen LogP contribution in [0.15, 0.2) is 52.9 Å². The van der Waals surface area contributed by atoms with Crippen LogP contribution in [0.25, 0.3) is 34.0 Å². The summed E-state index contributed by atoms with van der Waals surface area (Å²) in [5.74, 6) is 2.22. The van der Waals surface area contributed by atoms with Crippen molar-refractivity contribution in [1.29, 1.82) is 5.26 Å². The lowest BCUT2D eigenvalue weighted by Gasteiger charge is -2.02. The van der Waals surface area contributed by atoms with E-state index >= 15 is 0 Å². The molecule has 138 valence electrons. The molecule has 0 aliphatic carbocycles. The highest BCUT2D eigenvalue weighted by atomic mass is 35.5. The average molecular weight is 410 g/mol. The molecule has 5 nitrogen and oxygen atoms in total. The van der Waals surface area contributed by atoms with Crippen LogP contribution >= 0.6 is 23.2 Å². The van der Waals surface area contributed by atoms with Gasteiger partial charge in [-0.25, -0.2) is 4.98 Å². The second-order valence-corrected chi connectivity index (χ2v) is 6.73. The normalized spacial score (nSPS) is 11.6. The zero-order valence-electron chi connectivity index (χ0n) is 14.7. The molecule has 4 rings (SSSR count). The van der Waals surface area contributed by atoms with Gasteiger partial charge in [0.15, 0.2) is 0 Å². The fourth-order valence-electron chi connectivity index (χ4n) is 2.81. The van der Waals surface area contributed by atoms with E-state index in [1.54, 1.807) is 37.5 Å². The Hall–Kier alpha value is -3.20. The second-order valence-electron chi connectivity index (χ2n) is 5.94. The van der Waals surface area contributed by atoms with Crippen molar-refractivity contribution in [1.82, 2.24) is 9.97 Å². The first-order chi connectivity index (χ1) is 13.6. The number of furan rings is 1. The van der Waals surface area contributed by atoms with E-state index in [1.165, 1.54) is 0 Å². The number of imidazole rings is 1. The molecule has 2 aromatic heterocycles. The highest BCUT2D eigenvalue weighted by Crippen LogP contribution is 2.35. The number of H-pyrrole nitrogens is 1. The number of nitriles is 1. The molecule has 0 aliphatic heterocycles. The van der Waals surface area contributed by atoms with Crippen LogP contribution in [0, 0.1) is 11.3 Å². The van der Waals surface area contributed by atoms with E-state index in [9.17, 15) is 5.26 Å². The predicted octanol–water partition coefficient (Wildman–Crippen LogP) is 6.20. The third-order valence-electron chi connectivity index (χ3n) is 4.20. The van der Waals surface area contributed by atoms with E-state index < -0.39 is 0 Å². The van der Waals surface area contributed by atoms with Gasteiger partial charge < -0.3 is 14.1 Å². The molecule has 2 aromatic carbocycles. The van der Waals surface area contributed by atoms with Crippen LogP contribution in [0.4, 0.5) is 0 Å². The van der Waals surface area contributed by atoms with Gasteiger partial charge in [-0.05, 0) is 36.4 Å². The van der Waals surface area contributed by atoms with E-state index in [2.05, 4.69) is 16.0 Å². The second kappa shape index (κ2) is 7.43. The molecular weight excluding hydrogens is 397 g/mol. The number of ether oxygens (including phenoxy) is 1. The minimum absolute atomic E-state index is 0.341. The third kappa shape index (κ3) is 3.36. The molecule has 0 unspecified atom stereocenters. The van der Waals surface area contributed by atoms with Crippen molar-refractivity contribution in [3.63, 3.8) is 0 Å². The Labute approximate surface area is 170 Å². The standard InChI is InChI=1S/C21H13Cl2N3O2/c1-27-13-5-7-17-18(10-13)26-21(25-17)12(11-24)9-14-6-8-19(28-14)15-3-2-4-16(22)20(15)23/h2-10H,1H3,(H,25,26). The first-order valence-electron chi connectivity index (χ1n) is 8.29. The van der Waals surface area contributed by atoms with Crippen molar-refractivity contribution in [2.24, 2.45) is 0 Å². The fourth-order valence-corrected chi connectivity index (χ4v) is 3.20. The van der Waals surface area contributed by atoms with Crippen molar-refractivity contribution in [2.45, 2.75) is 0 Å². The molecule has 4 aromatic rings. The van der Waals surface area contributed by atoms with Gasteiger partial charge >= 0.3 is 0 Å². The number of allylic oxidation sites excluding steroid dienone is 1. The Balaban J connectivity index is 1.70. The van der Waals surface area contributed by atoms with Gasteiger partial charge in [0.25, 0.3) is 0 Å². The van der Waals surface area contributed by atoms with Gasteiger partial charge in [-0.1, -0.05) is 29.3 Å². The Morgan fingerprint density at radius 2 is 2.07 bits per heavy atom. The number of halogens is 2. The predicted molar refractivity (Wildman–Crippen MR) is 110 cm³/mol. The lowest BCUT2D eigenvalue weighted by molar-refractivity contribution is 0.415. The molecule has 0 saturated carbocycles. The molecule has 0 atom stereocenters. The Bertz CT molecular complexity index is 1250. The number of hydrogen-bond acceptors (Lipinski definition) is 4. The Morgan fingerprint density at radius 1 is 1.21 bits per heavy atom. The molecule has 7 heteroatoms. The molecule has 0 amide bonds. The maximum atomic E-state index is 9.59. The zero-order valence-corrected chi connectivity index (χ0v) is 16.2. The molecule has 2 heterocycles. The van der Waals surface area contributed by atoms with E-state index in [0.29, 0.717) is 44.3 Å². The van der Waals surface area contributed by atoms with E-state index in [-0.39, 0.29) is 0 Å². The first-order valence-corrected chi connectivity index (χ1v) is 9.05. The van der Waals surface area contributed by atoms with Gasteiger partial charge in [0.2, 0.25) is 0 Å². The summed E-state index contributed by atoms with van der Waals surface area (Å²) in [5.41, 5.74) is 2.54. The minimum Gasteiger partial charge on any atom is -0.497 e. The van der Waals surface area contributed by atoms with Crippen molar-refractivity contribution in [3.8, 4) is 23.1 Å². The zero-order chi connectivity index (χ0) is 19.7. The van der Waals surface area contributed by atoms with Crippen LogP contribution in [0.1, 0.15) is 11.6 Å². The van der Waals surface area contributed by atoms with Crippen molar-refractivity contribution < 1.29 is 9.15 Å². The van der Waals surface area contributed by atoms with Crippen molar-refractivity contribution >= 4 is 45.9 Å². The van der Waals surface area contributed by atoms with E-state index in [4.69, 9.17) is 32.4 Å².